The third-order valence-corrected chi connectivity index (χ3v) is 6.07. The van der Waals surface area contributed by atoms with Gasteiger partial charge < -0.3 is 10.2 Å². The van der Waals surface area contributed by atoms with Crippen molar-refractivity contribution in [2.24, 2.45) is 5.92 Å². The van der Waals surface area contributed by atoms with E-state index in [0.29, 0.717) is 18.4 Å². The van der Waals surface area contributed by atoms with Gasteiger partial charge in [-0.25, -0.2) is 4.98 Å². The molecular formula is C17H29N3OS2. The van der Waals surface area contributed by atoms with Crippen LogP contribution in [0.4, 0.5) is 0 Å². The summed E-state index contributed by atoms with van der Waals surface area (Å²) in [4.78, 5) is 18.9. The predicted molar refractivity (Wildman–Crippen MR) is 100 cm³/mol. The number of aromatic nitrogens is 1. The molecule has 1 fully saturated rings. The van der Waals surface area contributed by atoms with Crippen molar-refractivity contribution in [3.8, 4) is 0 Å². The number of amides is 1. The van der Waals surface area contributed by atoms with Crippen molar-refractivity contribution in [2.45, 2.75) is 51.8 Å². The lowest BCUT2D eigenvalue weighted by Gasteiger charge is -2.35. The minimum atomic E-state index is 0.189. The fourth-order valence-corrected chi connectivity index (χ4v) is 4.44. The molecule has 0 radical (unpaired) electrons. The Hall–Kier alpha value is -0.590. The fourth-order valence-electron chi connectivity index (χ4n) is 2.90. The number of thioether (sulfide) groups is 1. The van der Waals surface area contributed by atoms with Crippen molar-refractivity contribution in [3.63, 3.8) is 0 Å². The number of likely N-dealkylation sites (tertiary alicyclic amines) is 1. The van der Waals surface area contributed by atoms with Crippen LogP contribution in [0, 0.1) is 12.8 Å². The Morgan fingerprint density at radius 3 is 3.09 bits per heavy atom. The third kappa shape index (κ3) is 6.81. The van der Waals surface area contributed by atoms with Crippen LogP contribution in [0.2, 0.25) is 0 Å². The summed E-state index contributed by atoms with van der Waals surface area (Å²) in [6.45, 7) is 9.69. The standard InChI is InChI=1S/C17H29N3OS2/c1-13(2)20-7-4-5-15(10-20)9-18-17(21)6-8-22-11-16-12-23-14(3)19-16/h12-13,15H,4-11H2,1-3H3,(H,18,21). The molecule has 6 heteroatoms. The maximum Gasteiger partial charge on any atom is 0.220 e. The molecule has 1 N–H and O–H groups in total. The molecule has 0 spiro atoms. The van der Waals surface area contributed by atoms with Crippen LogP contribution >= 0.6 is 23.1 Å². The Balaban J connectivity index is 1.56. The van der Waals surface area contributed by atoms with Crippen molar-refractivity contribution in [3.05, 3.63) is 16.1 Å². The first-order valence-corrected chi connectivity index (χ1v) is 10.6. The van der Waals surface area contributed by atoms with E-state index < -0.39 is 0 Å². The van der Waals surface area contributed by atoms with Gasteiger partial charge in [0.15, 0.2) is 0 Å². The lowest BCUT2D eigenvalue weighted by molar-refractivity contribution is -0.120. The van der Waals surface area contributed by atoms with Gasteiger partial charge in [-0.15, -0.1) is 11.3 Å². The van der Waals surface area contributed by atoms with E-state index in [0.717, 1.165) is 35.3 Å². The molecule has 0 bridgehead atoms. The van der Waals surface area contributed by atoms with Gasteiger partial charge in [0.2, 0.25) is 5.91 Å². The minimum absolute atomic E-state index is 0.189. The molecule has 1 atom stereocenters. The molecule has 1 saturated heterocycles. The molecule has 23 heavy (non-hydrogen) atoms. The Kier molecular flexibility index (Phi) is 7.86. The summed E-state index contributed by atoms with van der Waals surface area (Å²) in [6, 6.07) is 0.610. The molecule has 1 amide bonds. The van der Waals surface area contributed by atoms with Crippen molar-refractivity contribution < 1.29 is 4.79 Å². The van der Waals surface area contributed by atoms with Crippen LogP contribution < -0.4 is 5.32 Å². The highest BCUT2D eigenvalue weighted by molar-refractivity contribution is 7.98. The van der Waals surface area contributed by atoms with Gasteiger partial charge in [-0.1, -0.05) is 0 Å². The summed E-state index contributed by atoms with van der Waals surface area (Å²) in [7, 11) is 0. The maximum absolute atomic E-state index is 12.0. The van der Waals surface area contributed by atoms with Gasteiger partial charge in [0.25, 0.3) is 0 Å². The molecule has 0 saturated carbocycles. The molecule has 0 aliphatic carbocycles. The van der Waals surface area contributed by atoms with Gasteiger partial charge in [-0.2, -0.15) is 11.8 Å². The summed E-state index contributed by atoms with van der Waals surface area (Å²) in [5.41, 5.74) is 1.13. The summed E-state index contributed by atoms with van der Waals surface area (Å²) in [6.07, 6.45) is 3.09. The van der Waals surface area contributed by atoms with Crippen LogP contribution in [-0.2, 0) is 10.5 Å². The molecular weight excluding hydrogens is 326 g/mol. The Bertz CT molecular complexity index is 490. The number of piperidine rings is 1. The van der Waals surface area contributed by atoms with E-state index in [1.807, 2.05) is 6.92 Å². The average molecular weight is 356 g/mol. The third-order valence-electron chi connectivity index (χ3n) is 4.26. The molecule has 1 aliphatic rings. The first-order valence-electron chi connectivity index (χ1n) is 8.54. The van der Waals surface area contributed by atoms with Crippen molar-refractivity contribution in [1.82, 2.24) is 15.2 Å². The molecule has 4 nitrogen and oxygen atoms in total. The number of carbonyl (C=O) groups is 1. The molecule has 0 aromatic carbocycles. The quantitative estimate of drug-likeness (QED) is 0.727. The van der Waals surface area contributed by atoms with Crippen LogP contribution in [-0.4, -0.2) is 47.2 Å². The monoisotopic (exact) mass is 355 g/mol. The second-order valence-electron chi connectivity index (χ2n) is 6.56. The first kappa shape index (κ1) is 18.7. The highest BCUT2D eigenvalue weighted by Gasteiger charge is 2.21. The van der Waals surface area contributed by atoms with E-state index in [1.165, 1.54) is 19.4 Å². The number of carbonyl (C=O) groups excluding carboxylic acids is 1. The van der Waals surface area contributed by atoms with E-state index in [-0.39, 0.29) is 5.91 Å². The van der Waals surface area contributed by atoms with Gasteiger partial charge in [0.1, 0.15) is 0 Å². The Morgan fingerprint density at radius 1 is 1.57 bits per heavy atom. The lowest BCUT2D eigenvalue weighted by atomic mass is 9.97. The predicted octanol–water partition coefficient (Wildman–Crippen LogP) is 3.31. The summed E-state index contributed by atoms with van der Waals surface area (Å²) >= 11 is 3.48. The number of nitrogens with zero attached hydrogens (tertiary/aromatic N) is 2. The van der Waals surface area contributed by atoms with E-state index in [1.54, 1.807) is 23.1 Å². The van der Waals surface area contributed by atoms with Gasteiger partial charge in [0.05, 0.1) is 10.7 Å². The van der Waals surface area contributed by atoms with E-state index >= 15 is 0 Å². The van der Waals surface area contributed by atoms with Gasteiger partial charge >= 0.3 is 0 Å². The second-order valence-corrected chi connectivity index (χ2v) is 8.73. The molecule has 1 aromatic rings. The van der Waals surface area contributed by atoms with Crippen LogP contribution in [0.1, 0.15) is 43.8 Å². The zero-order chi connectivity index (χ0) is 16.7. The molecule has 1 aromatic heterocycles. The van der Waals surface area contributed by atoms with Crippen LogP contribution in [0.25, 0.3) is 0 Å². The molecule has 1 aliphatic heterocycles. The number of hydrogen-bond acceptors (Lipinski definition) is 5. The normalized spacial score (nSPS) is 19.2. The zero-order valence-corrected chi connectivity index (χ0v) is 16.1. The fraction of sp³-hybridized carbons (Fsp3) is 0.765. The molecule has 2 heterocycles. The smallest absolute Gasteiger partial charge is 0.220 e. The van der Waals surface area contributed by atoms with Crippen molar-refractivity contribution in [1.29, 1.82) is 0 Å². The zero-order valence-electron chi connectivity index (χ0n) is 14.5. The highest BCUT2D eigenvalue weighted by atomic mass is 32.2. The molecule has 130 valence electrons. The van der Waals surface area contributed by atoms with Crippen LogP contribution in [0.3, 0.4) is 0 Å². The topological polar surface area (TPSA) is 45.2 Å². The maximum atomic E-state index is 12.0. The van der Waals surface area contributed by atoms with Gasteiger partial charge in [0, 0.05) is 42.4 Å². The van der Waals surface area contributed by atoms with Gasteiger partial charge in [-0.3, -0.25) is 4.79 Å². The molecule has 1 unspecified atom stereocenters. The minimum Gasteiger partial charge on any atom is -0.356 e. The first-order chi connectivity index (χ1) is 11.0. The van der Waals surface area contributed by atoms with E-state index in [2.05, 4.69) is 34.4 Å². The summed E-state index contributed by atoms with van der Waals surface area (Å²) in [5, 5.41) is 6.34. The number of hydrogen-bond donors (Lipinski definition) is 1. The number of aryl methyl sites for hydroxylation is 1. The lowest BCUT2D eigenvalue weighted by Crippen LogP contribution is -2.43. The van der Waals surface area contributed by atoms with Crippen LogP contribution in [0.15, 0.2) is 5.38 Å². The number of rotatable bonds is 8. The second kappa shape index (κ2) is 9.64. The van der Waals surface area contributed by atoms with E-state index in [4.69, 9.17) is 0 Å². The van der Waals surface area contributed by atoms with Crippen LogP contribution in [0.5, 0.6) is 0 Å². The number of nitrogens with one attached hydrogen (secondary N) is 1. The highest BCUT2D eigenvalue weighted by Crippen LogP contribution is 2.18. The van der Waals surface area contributed by atoms with Crippen molar-refractivity contribution in [2.75, 3.05) is 25.4 Å². The largest absolute Gasteiger partial charge is 0.356 e. The van der Waals surface area contributed by atoms with E-state index in [9.17, 15) is 4.79 Å². The SMILES string of the molecule is Cc1nc(CSCCC(=O)NCC2CCCN(C(C)C)C2)cs1. The summed E-state index contributed by atoms with van der Waals surface area (Å²) < 4.78 is 0. The molecule has 2 rings (SSSR count). The van der Waals surface area contributed by atoms with Gasteiger partial charge in [-0.05, 0) is 46.1 Å². The number of thiazole rings is 1. The summed E-state index contributed by atoms with van der Waals surface area (Å²) in [5.74, 6) is 2.57. The Labute approximate surface area is 148 Å². The Morgan fingerprint density at radius 2 is 2.39 bits per heavy atom. The van der Waals surface area contributed by atoms with Crippen molar-refractivity contribution >= 4 is 29.0 Å². The average Bonchev–Trinajstić information content (AvgIpc) is 2.95.